The van der Waals surface area contributed by atoms with Crippen LogP contribution in [0.2, 0.25) is 0 Å². The lowest BCUT2D eigenvalue weighted by Crippen LogP contribution is -2.42. The van der Waals surface area contributed by atoms with E-state index in [2.05, 4.69) is 38.6 Å². The monoisotopic (exact) mass is 316 g/mol. The van der Waals surface area contributed by atoms with E-state index in [9.17, 15) is 0 Å². The van der Waals surface area contributed by atoms with Crippen LogP contribution in [-0.2, 0) is 4.74 Å². The minimum Gasteiger partial charge on any atom is -0.360 e. The molecule has 1 aliphatic rings. The first-order valence-electron chi connectivity index (χ1n) is 4.53. The highest BCUT2D eigenvalue weighted by molar-refractivity contribution is 14.1. The van der Waals surface area contributed by atoms with Crippen molar-refractivity contribution in [3.8, 4) is 6.07 Å². The second-order valence-electron chi connectivity index (χ2n) is 3.14. The Morgan fingerprint density at radius 3 is 2.93 bits per heavy atom. The summed E-state index contributed by atoms with van der Waals surface area (Å²) in [5.41, 5.74) is 0. The molecule has 0 amide bonds. The van der Waals surface area contributed by atoms with Gasteiger partial charge in [-0.3, -0.25) is 0 Å². The van der Waals surface area contributed by atoms with Gasteiger partial charge in [-0.2, -0.15) is 5.26 Å². The van der Waals surface area contributed by atoms with E-state index in [-0.39, 0.29) is 6.10 Å². The van der Waals surface area contributed by atoms with Gasteiger partial charge in [0.15, 0.2) is 6.10 Å². The Balaban J connectivity index is 2.10. The van der Waals surface area contributed by atoms with E-state index >= 15 is 0 Å². The van der Waals surface area contributed by atoms with Crippen LogP contribution in [0.15, 0.2) is 12.4 Å². The molecule has 0 saturated carbocycles. The minimum atomic E-state index is -0.373. The van der Waals surface area contributed by atoms with Crippen LogP contribution in [0.5, 0.6) is 0 Å². The molecule has 1 fully saturated rings. The van der Waals surface area contributed by atoms with E-state index in [1.54, 1.807) is 12.4 Å². The van der Waals surface area contributed by atoms with E-state index in [4.69, 9.17) is 10.00 Å². The van der Waals surface area contributed by atoms with Crippen molar-refractivity contribution in [3.05, 3.63) is 16.0 Å². The van der Waals surface area contributed by atoms with Gasteiger partial charge >= 0.3 is 0 Å². The standard InChI is InChI=1S/C9H9IN4O/c10-7-4-12-9(13-5-7)14-1-2-15-8(3-11)6-14/h4-5,8H,1-2,6H2. The lowest BCUT2D eigenvalue weighted by atomic mass is 10.3. The molecule has 15 heavy (non-hydrogen) atoms. The first-order chi connectivity index (χ1) is 7.29. The fraction of sp³-hybridized carbons (Fsp3) is 0.444. The number of aromatic nitrogens is 2. The van der Waals surface area contributed by atoms with E-state index < -0.39 is 0 Å². The summed E-state index contributed by atoms with van der Waals surface area (Å²) in [4.78, 5) is 10.4. The zero-order chi connectivity index (χ0) is 10.7. The Hall–Kier alpha value is -0.940. The van der Waals surface area contributed by atoms with Gasteiger partial charge in [-0.05, 0) is 22.6 Å². The van der Waals surface area contributed by atoms with Gasteiger partial charge in [-0.15, -0.1) is 0 Å². The van der Waals surface area contributed by atoms with E-state index in [0.717, 1.165) is 10.1 Å². The molecular formula is C9H9IN4O. The molecule has 1 atom stereocenters. The number of rotatable bonds is 1. The predicted molar refractivity (Wildman–Crippen MR) is 62.3 cm³/mol. The third-order valence-corrected chi connectivity index (χ3v) is 2.66. The van der Waals surface area contributed by atoms with Crippen molar-refractivity contribution in [2.24, 2.45) is 0 Å². The summed E-state index contributed by atoms with van der Waals surface area (Å²) in [6.45, 7) is 1.82. The van der Waals surface area contributed by atoms with Crippen molar-refractivity contribution >= 4 is 28.5 Å². The second kappa shape index (κ2) is 4.72. The molecule has 6 heteroatoms. The number of halogens is 1. The van der Waals surface area contributed by atoms with Crippen LogP contribution in [-0.4, -0.2) is 35.8 Å². The summed E-state index contributed by atoms with van der Waals surface area (Å²) in [6, 6.07) is 2.09. The molecule has 2 heterocycles. The highest BCUT2D eigenvalue weighted by atomic mass is 127. The van der Waals surface area contributed by atoms with Crippen LogP contribution in [0, 0.1) is 14.9 Å². The number of hydrogen-bond acceptors (Lipinski definition) is 5. The number of anilines is 1. The van der Waals surface area contributed by atoms with Crippen LogP contribution >= 0.6 is 22.6 Å². The highest BCUT2D eigenvalue weighted by Gasteiger charge is 2.21. The number of hydrogen-bond donors (Lipinski definition) is 0. The Kier molecular flexibility index (Phi) is 3.33. The molecule has 0 aliphatic carbocycles. The van der Waals surface area contributed by atoms with Gasteiger partial charge in [0.2, 0.25) is 5.95 Å². The first kappa shape index (κ1) is 10.6. The zero-order valence-corrected chi connectivity index (χ0v) is 10.1. The molecule has 1 saturated heterocycles. The van der Waals surface area contributed by atoms with Crippen LogP contribution in [0.1, 0.15) is 0 Å². The molecule has 5 nitrogen and oxygen atoms in total. The van der Waals surface area contributed by atoms with Gasteiger partial charge in [-0.25, -0.2) is 9.97 Å². The van der Waals surface area contributed by atoms with Crippen molar-refractivity contribution in [2.45, 2.75) is 6.10 Å². The van der Waals surface area contributed by atoms with Crippen LogP contribution in [0.3, 0.4) is 0 Å². The van der Waals surface area contributed by atoms with Gasteiger partial charge in [-0.1, -0.05) is 0 Å². The molecule has 0 aromatic carbocycles. The summed E-state index contributed by atoms with van der Waals surface area (Å²) in [7, 11) is 0. The maximum atomic E-state index is 8.76. The zero-order valence-electron chi connectivity index (χ0n) is 7.93. The minimum absolute atomic E-state index is 0.373. The topological polar surface area (TPSA) is 62.0 Å². The third kappa shape index (κ3) is 2.54. The number of nitriles is 1. The fourth-order valence-corrected chi connectivity index (χ4v) is 1.66. The molecular weight excluding hydrogens is 307 g/mol. The average molecular weight is 316 g/mol. The summed E-state index contributed by atoms with van der Waals surface area (Å²) < 4.78 is 6.24. The average Bonchev–Trinajstić information content (AvgIpc) is 2.30. The van der Waals surface area contributed by atoms with Gasteiger partial charge in [0.25, 0.3) is 0 Å². The summed E-state index contributed by atoms with van der Waals surface area (Å²) in [5, 5.41) is 8.76. The molecule has 0 spiro atoms. The summed E-state index contributed by atoms with van der Waals surface area (Å²) in [6.07, 6.45) is 3.15. The van der Waals surface area contributed by atoms with Crippen molar-refractivity contribution in [3.63, 3.8) is 0 Å². The molecule has 2 rings (SSSR count). The number of morpholine rings is 1. The lowest BCUT2D eigenvalue weighted by molar-refractivity contribution is 0.0758. The number of ether oxygens (including phenoxy) is 1. The van der Waals surface area contributed by atoms with Gasteiger partial charge in [0.05, 0.1) is 19.2 Å². The quantitative estimate of drug-likeness (QED) is 0.718. The molecule has 0 bridgehead atoms. The summed E-state index contributed by atoms with van der Waals surface area (Å²) >= 11 is 2.16. The Bertz CT molecular complexity index is 375. The van der Waals surface area contributed by atoms with Crippen molar-refractivity contribution < 1.29 is 4.74 Å². The highest BCUT2D eigenvalue weighted by Crippen LogP contribution is 2.12. The smallest absolute Gasteiger partial charge is 0.225 e. The van der Waals surface area contributed by atoms with Gasteiger partial charge < -0.3 is 9.64 Å². The van der Waals surface area contributed by atoms with E-state index in [0.29, 0.717) is 19.1 Å². The van der Waals surface area contributed by atoms with Crippen LogP contribution in [0.4, 0.5) is 5.95 Å². The largest absolute Gasteiger partial charge is 0.360 e. The maximum absolute atomic E-state index is 8.76. The Morgan fingerprint density at radius 1 is 1.53 bits per heavy atom. The number of nitrogens with zero attached hydrogens (tertiary/aromatic N) is 4. The lowest BCUT2D eigenvalue weighted by Gasteiger charge is -2.29. The Morgan fingerprint density at radius 2 is 2.27 bits per heavy atom. The van der Waals surface area contributed by atoms with Gasteiger partial charge in [0.1, 0.15) is 0 Å². The van der Waals surface area contributed by atoms with Crippen molar-refractivity contribution in [1.82, 2.24) is 9.97 Å². The third-order valence-electron chi connectivity index (χ3n) is 2.10. The van der Waals surface area contributed by atoms with Crippen molar-refractivity contribution in [2.75, 3.05) is 24.6 Å². The molecule has 1 aromatic rings. The van der Waals surface area contributed by atoms with E-state index in [1.165, 1.54) is 0 Å². The van der Waals surface area contributed by atoms with Crippen LogP contribution in [0.25, 0.3) is 0 Å². The molecule has 1 unspecified atom stereocenters. The molecule has 78 valence electrons. The first-order valence-corrected chi connectivity index (χ1v) is 5.61. The molecule has 0 radical (unpaired) electrons. The summed E-state index contributed by atoms with van der Waals surface area (Å²) in [5.74, 6) is 0.666. The van der Waals surface area contributed by atoms with Gasteiger partial charge in [0, 0.05) is 22.5 Å². The molecule has 0 N–H and O–H groups in total. The normalized spacial score (nSPS) is 21.1. The van der Waals surface area contributed by atoms with Crippen LogP contribution < -0.4 is 4.90 Å². The fourth-order valence-electron chi connectivity index (χ4n) is 1.38. The molecule has 1 aliphatic heterocycles. The molecule has 1 aromatic heterocycles. The maximum Gasteiger partial charge on any atom is 0.225 e. The Labute approximate surface area is 101 Å². The SMILES string of the molecule is N#CC1CN(c2ncc(I)cn2)CCO1. The predicted octanol–water partition coefficient (Wildman–Crippen LogP) is 0.810. The van der Waals surface area contributed by atoms with E-state index in [1.807, 2.05) is 4.90 Å². The second-order valence-corrected chi connectivity index (χ2v) is 4.38. The van der Waals surface area contributed by atoms with Crippen molar-refractivity contribution in [1.29, 1.82) is 5.26 Å².